The predicted octanol–water partition coefficient (Wildman–Crippen LogP) is 4.83. The molecule has 1 N–H and O–H groups in total. The molecular formula is C17H23NS. The van der Waals surface area contributed by atoms with Crippen LogP contribution < -0.4 is 5.32 Å². The number of hydrogen-bond donors (Lipinski definition) is 1. The minimum Gasteiger partial charge on any atom is -0.305 e. The van der Waals surface area contributed by atoms with Crippen LogP contribution in [0.2, 0.25) is 0 Å². The molecule has 2 rings (SSSR count). The molecule has 0 aliphatic heterocycles. The van der Waals surface area contributed by atoms with Gasteiger partial charge in [-0.15, -0.1) is 11.3 Å². The van der Waals surface area contributed by atoms with Crippen LogP contribution in [0.15, 0.2) is 24.3 Å². The molecule has 0 aliphatic carbocycles. The number of hydrogen-bond acceptors (Lipinski definition) is 2. The van der Waals surface area contributed by atoms with Crippen molar-refractivity contribution in [3.8, 4) is 0 Å². The SMILES string of the molecule is Cc1ccc(CNC(C)c2cc(C)c(C)cc2C)s1. The van der Waals surface area contributed by atoms with E-state index in [-0.39, 0.29) is 0 Å². The minimum absolute atomic E-state index is 0.390. The molecule has 0 amide bonds. The summed E-state index contributed by atoms with van der Waals surface area (Å²) in [5.74, 6) is 0. The van der Waals surface area contributed by atoms with E-state index in [0.717, 1.165) is 6.54 Å². The highest BCUT2D eigenvalue weighted by Gasteiger charge is 2.10. The number of nitrogens with one attached hydrogen (secondary N) is 1. The molecule has 1 heterocycles. The molecule has 102 valence electrons. The van der Waals surface area contributed by atoms with E-state index in [2.05, 4.69) is 64.2 Å². The number of aryl methyl sites for hydroxylation is 4. The maximum atomic E-state index is 3.63. The third-order valence-electron chi connectivity index (χ3n) is 3.73. The normalized spacial score (nSPS) is 12.7. The fraction of sp³-hybridized carbons (Fsp3) is 0.412. The number of rotatable bonds is 4. The van der Waals surface area contributed by atoms with Crippen LogP contribution in [0.4, 0.5) is 0 Å². The van der Waals surface area contributed by atoms with Crippen LogP contribution >= 0.6 is 11.3 Å². The van der Waals surface area contributed by atoms with Gasteiger partial charge in [0.15, 0.2) is 0 Å². The Morgan fingerprint density at radius 3 is 2.32 bits per heavy atom. The summed E-state index contributed by atoms with van der Waals surface area (Å²) >= 11 is 1.87. The molecule has 2 heteroatoms. The maximum Gasteiger partial charge on any atom is 0.0305 e. The van der Waals surface area contributed by atoms with Gasteiger partial charge in [0.1, 0.15) is 0 Å². The summed E-state index contributed by atoms with van der Waals surface area (Å²) in [5, 5.41) is 3.63. The third kappa shape index (κ3) is 3.46. The Morgan fingerprint density at radius 1 is 1.00 bits per heavy atom. The van der Waals surface area contributed by atoms with Gasteiger partial charge in [-0.25, -0.2) is 0 Å². The molecule has 0 aliphatic rings. The summed E-state index contributed by atoms with van der Waals surface area (Å²) in [4.78, 5) is 2.79. The van der Waals surface area contributed by atoms with Crippen LogP contribution in [0.25, 0.3) is 0 Å². The third-order valence-corrected chi connectivity index (χ3v) is 4.73. The first kappa shape index (κ1) is 14.3. The standard InChI is InChI=1S/C17H23NS/c1-11-8-13(3)17(9-12(11)2)15(5)18-10-16-7-6-14(4)19-16/h6-9,15,18H,10H2,1-5H3. The van der Waals surface area contributed by atoms with Gasteiger partial charge in [0, 0.05) is 22.3 Å². The maximum absolute atomic E-state index is 3.63. The van der Waals surface area contributed by atoms with Crippen molar-refractivity contribution in [2.24, 2.45) is 0 Å². The Bertz CT molecular complexity index is 569. The Hall–Kier alpha value is -1.12. The number of thiophene rings is 1. The van der Waals surface area contributed by atoms with E-state index in [1.165, 1.54) is 32.0 Å². The van der Waals surface area contributed by atoms with Crippen molar-refractivity contribution >= 4 is 11.3 Å². The van der Waals surface area contributed by atoms with Gasteiger partial charge in [-0.3, -0.25) is 0 Å². The summed E-state index contributed by atoms with van der Waals surface area (Å²) < 4.78 is 0. The topological polar surface area (TPSA) is 12.0 Å². The van der Waals surface area contributed by atoms with E-state index in [1.54, 1.807) is 0 Å². The molecule has 1 unspecified atom stereocenters. The second kappa shape index (κ2) is 5.89. The lowest BCUT2D eigenvalue weighted by atomic mass is 9.96. The van der Waals surface area contributed by atoms with E-state index in [4.69, 9.17) is 0 Å². The minimum atomic E-state index is 0.390. The molecule has 0 radical (unpaired) electrons. The molecule has 1 aromatic carbocycles. The van der Waals surface area contributed by atoms with E-state index in [1.807, 2.05) is 11.3 Å². The van der Waals surface area contributed by atoms with Gasteiger partial charge < -0.3 is 5.32 Å². The molecule has 0 saturated carbocycles. The summed E-state index contributed by atoms with van der Waals surface area (Å²) in [6.07, 6.45) is 0. The lowest BCUT2D eigenvalue weighted by molar-refractivity contribution is 0.576. The summed E-state index contributed by atoms with van der Waals surface area (Å²) in [7, 11) is 0. The molecule has 0 saturated heterocycles. The van der Waals surface area contributed by atoms with Gasteiger partial charge in [-0.2, -0.15) is 0 Å². The average molecular weight is 273 g/mol. The quantitative estimate of drug-likeness (QED) is 0.841. The van der Waals surface area contributed by atoms with Crippen molar-refractivity contribution in [1.29, 1.82) is 0 Å². The molecule has 2 aromatic rings. The van der Waals surface area contributed by atoms with Gasteiger partial charge in [-0.1, -0.05) is 12.1 Å². The van der Waals surface area contributed by atoms with E-state index < -0.39 is 0 Å². The molecule has 0 spiro atoms. The molecule has 1 nitrogen and oxygen atoms in total. The lowest BCUT2D eigenvalue weighted by Crippen LogP contribution is -2.18. The van der Waals surface area contributed by atoms with Crippen LogP contribution in [-0.4, -0.2) is 0 Å². The fourth-order valence-corrected chi connectivity index (χ4v) is 3.23. The van der Waals surface area contributed by atoms with Gasteiger partial charge in [0.2, 0.25) is 0 Å². The summed E-state index contributed by atoms with van der Waals surface area (Å²) in [6, 6.07) is 9.41. The molecule has 1 aromatic heterocycles. The van der Waals surface area contributed by atoms with Gasteiger partial charge >= 0.3 is 0 Å². The molecule has 0 bridgehead atoms. The highest BCUT2D eigenvalue weighted by Crippen LogP contribution is 2.22. The zero-order valence-corrected chi connectivity index (χ0v) is 13.3. The van der Waals surface area contributed by atoms with E-state index in [0.29, 0.717) is 6.04 Å². The van der Waals surface area contributed by atoms with Gasteiger partial charge in [0.25, 0.3) is 0 Å². The van der Waals surface area contributed by atoms with Crippen LogP contribution in [0.5, 0.6) is 0 Å². The average Bonchev–Trinajstić information content (AvgIpc) is 2.77. The Balaban J connectivity index is 2.07. The Labute approximate surface area is 120 Å². The van der Waals surface area contributed by atoms with E-state index in [9.17, 15) is 0 Å². The zero-order chi connectivity index (χ0) is 14.0. The van der Waals surface area contributed by atoms with Crippen LogP contribution in [0.1, 0.15) is 45.0 Å². The lowest BCUT2D eigenvalue weighted by Gasteiger charge is -2.18. The first-order valence-electron chi connectivity index (χ1n) is 6.84. The van der Waals surface area contributed by atoms with Crippen molar-refractivity contribution in [2.45, 2.75) is 47.2 Å². The Kier molecular flexibility index (Phi) is 4.43. The van der Waals surface area contributed by atoms with Crippen LogP contribution in [-0.2, 0) is 6.54 Å². The zero-order valence-electron chi connectivity index (χ0n) is 12.5. The van der Waals surface area contributed by atoms with Crippen molar-refractivity contribution in [3.63, 3.8) is 0 Å². The molecule has 19 heavy (non-hydrogen) atoms. The Morgan fingerprint density at radius 2 is 1.68 bits per heavy atom. The predicted molar refractivity (Wildman–Crippen MR) is 85.0 cm³/mol. The summed E-state index contributed by atoms with van der Waals surface area (Å²) in [6.45, 7) is 11.9. The van der Waals surface area contributed by atoms with Gasteiger partial charge in [0.05, 0.1) is 0 Å². The smallest absolute Gasteiger partial charge is 0.0305 e. The first-order chi connectivity index (χ1) is 8.97. The number of benzene rings is 1. The second-order valence-corrected chi connectivity index (χ2v) is 6.78. The molecule has 0 fully saturated rings. The van der Waals surface area contributed by atoms with Crippen LogP contribution in [0.3, 0.4) is 0 Å². The molecule has 1 atom stereocenters. The van der Waals surface area contributed by atoms with Crippen molar-refractivity contribution < 1.29 is 0 Å². The summed E-state index contributed by atoms with van der Waals surface area (Å²) in [5.41, 5.74) is 5.55. The first-order valence-corrected chi connectivity index (χ1v) is 7.65. The van der Waals surface area contributed by atoms with Gasteiger partial charge in [-0.05, 0) is 69.0 Å². The molecular weight excluding hydrogens is 250 g/mol. The fourth-order valence-electron chi connectivity index (χ4n) is 2.39. The monoisotopic (exact) mass is 273 g/mol. The second-order valence-electron chi connectivity index (χ2n) is 5.41. The van der Waals surface area contributed by atoms with Crippen molar-refractivity contribution in [1.82, 2.24) is 5.32 Å². The van der Waals surface area contributed by atoms with Crippen molar-refractivity contribution in [2.75, 3.05) is 0 Å². The van der Waals surface area contributed by atoms with E-state index >= 15 is 0 Å². The largest absolute Gasteiger partial charge is 0.305 e. The van der Waals surface area contributed by atoms with Crippen LogP contribution in [0, 0.1) is 27.7 Å². The highest BCUT2D eigenvalue weighted by atomic mass is 32.1. The van der Waals surface area contributed by atoms with Crippen molar-refractivity contribution in [3.05, 3.63) is 56.3 Å². The highest BCUT2D eigenvalue weighted by molar-refractivity contribution is 7.11.